The van der Waals surface area contributed by atoms with E-state index in [4.69, 9.17) is 13.3 Å². The molecule has 0 aromatic heterocycles. The maximum atomic E-state index is 5.86. The van der Waals surface area contributed by atoms with Gasteiger partial charge in [0.1, 0.15) is 0 Å². The van der Waals surface area contributed by atoms with Crippen molar-refractivity contribution in [3.63, 3.8) is 0 Å². The average molecular weight is 372 g/mol. The highest BCUT2D eigenvalue weighted by molar-refractivity contribution is 6.78. The second-order valence-corrected chi connectivity index (χ2v) is 9.65. The van der Waals surface area contributed by atoms with E-state index in [1.807, 2.05) is 0 Å². The lowest BCUT2D eigenvalue weighted by atomic mass is 9.90. The highest BCUT2D eigenvalue weighted by Gasteiger charge is 2.42. The first-order valence-corrected chi connectivity index (χ1v) is 10.7. The normalized spacial score (nSPS) is 12.7. The van der Waals surface area contributed by atoms with Crippen molar-refractivity contribution in [3.8, 4) is 0 Å². The topological polar surface area (TPSA) is 27.7 Å². The summed E-state index contributed by atoms with van der Waals surface area (Å²) in [4.78, 5) is 0. The molecule has 0 N–H and O–H groups in total. The van der Waals surface area contributed by atoms with E-state index in [-0.39, 0.29) is 0 Å². The highest BCUT2D eigenvalue weighted by atomic mass is 28.4. The van der Waals surface area contributed by atoms with Gasteiger partial charge in [0.05, 0.1) is 0 Å². The highest BCUT2D eigenvalue weighted by Crippen LogP contribution is 2.40. The molecule has 0 atom stereocenters. The van der Waals surface area contributed by atoms with E-state index < -0.39 is 8.80 Å². The summed E-state index contributed by atoms with van der Waals surface area (Å²) < 4.78 is 17.6. The van der Waals surface area contributed by atoms with Crippen LogP contribution in [0.15, 0.2) is 66.7 Å². The quantitative estimate of drug-likeness (QED) is 0.257. The van der Waals surface area contributed by atoms with Crippen LogP contribution >= 0.6 is 0 Å². The molecule has 0 amide bonds. The molecule has 0 saturated heterocycles. The van der Waals surface area contributed by atoms with Crippen molar-refractivity contribution in [2.75, 3.05) is 21.3 Å². The molecule has 4 heteroatoms. The van der Waals surface area contributed by atoms with Crippen LogP contribution in [0.4, 0.5) is 0 Å². The fraction of sp³-hybridized carbons (Fsp3) is 0.130. The predicted octanol–water partition coefficient (Wildman–Crippen LogP) is 4.82. The Hall–Kier alpha value is -2.50. The maximum absolute atomic E-state index is 5.86. The number of hydrogen-bond donors (Lipinski definition) is 0. The van der Waals surface area contributed by atoms with Gasteiger partial charge >= 0.3 is 8.80 Å². The van der Waals surface area contributed by atoms with E-state index in [0.29, 0.717) is 0 Å². The van der Waals surface area contributed by atoms with Gasteiger partial charge in [-0.3, -0.25) is 0 Å². The summed E-state index contributed by atoms with van der Waals surface area (Å²) in [5, 5.41) is 10.9. The molecule has 0 fully saturated rings. The van der Waals surface area contributed by atoms with Gasteiger partial charge in [0.2, 0.25) is 0 Å². The molecule has 0 spiro atoms. The third-order valence-corrected chi connectivity index (χ3v) is 8.33. The molecule has 5 aromatic carbocycles. The molecule has 0 heterocycles. The fourth-order valence-corrected chi connectivity index (χ4v) is 6.51. The summed E-state index contributed by atoms with van der Waals surface area (Å²) in [6.07, 6.45) is 0. The van der Waals surface area contributed by atoms with Crippen LogP contribution in [0.2, 0.25) is 0 Å². The van der Waals surface area contributed by atoms with Crippen LogP contribution in [0.3, 0.4) is 0 Å². The minimum atomic E-state index is -3.00. The van der Waals surface area contributed by atoms with E-state index in [2.05, 4.69) is 66.7 Å². The first-order chi connectivity index (χ1) is 13.2. The minimum Gasteiger partial charge on any atom is -0.373 e. The molecule has 0 bridgehead atoms. The zero-order chi connectivity index (χ0) is 18.6. The minimum absolute atomic E-state index is 1.01. The van der Waals surface area contributed by atoms with Crippen LogP contribution in [-0.2, 0) is 13.3 Å². The molecular formula is C23H20O3Si. The largest absolute Gasteiger partial charge is 0.537 e. The number of hydrogen-bond acceptors (Lipinski definition) is 3. The van der Waals surface area contributed by atoms with Crippen LogP contribution in [0.25, 0.3) is 43.1 Å². The van der Waals surface area contributed by atoms with Crippen molar-refractivity contribution < 1.29 is 13.3 Å². The van der Waals surface area contributed by atoms with Crippen LogP contribution < -0.4 is 5.19 Å². The molecule has 0 saturated carbocycles. The summed E-state index contributed by atoms with van der Waals surface area (Å²) in [6, 6.07) is 23.7. The Kier molecular flexibility index (Phi) is 3.70. The second kappa shape index (κ2) is 6.01. The molecule has 0 unspecified atom stereocenters. The zero-order valence-corrected chi connectivity index (χ0v) is 16.6. The Morgan fingerprint density at radius 2 is 1.04 bits per heavy atom. The van der Waals surface area contributed by atoms with Crippen LogP contribution in [-0.4, -0.2) is 30.1 Å². The van der Waals surface area contributed by atoms with E-state index in [1.165, 1.54) is 43.1 Å². The number of rotatable bonds is 4. The predicted molar refractivity (Wildman–Crippen MR) is 114 cm³/mol. The molecule has 0 aliphatic heterocycles. The fourth-order valence-electron chi connectivity index (χ4n) is 4.49. The maximum Gasteiger partial charge on any atom is 0.537 e. The van der Waals surface area contributed by atoms with Crippen LogP contribution in [0.1, 0.15) is 0 Å². The average Bonchev–Trinajstić information content (AvgIpc) is 2.73. The van der Waals surface area contributed by atoms with Gasteiger partial charge in [-0.1, -0.05) is 66.7 Å². The Morgan fingerprint density at radius 3 is 1.63 bits per heavy atom. The molecule has 134 valence electrons. The smallest absolute Gasteiger partial charge is 0.373 e. The van der Waals surface area contributed by atoms with Gasteiger partial charge in [0, 0.05) is 26.5 Å². The summed E-state index contributed by atoms with van der Waals surface area (Å²) in [5.41, 5.74) is 0. The molecule has 5 rings (SSSR count). The van der Waals surface area contributed by atoms with E-state index in [0.717, 1.165) is 5.19 Å². The van der Waals surface area contributed by atoms with Gasteiger partial charge < -0.3 is 13.3 Å². The van der Waals surface area contributed by atoms with Crippen LogP contribution in [0, 0.1) is 0 Å². The van der Waals surface area contributed by atoms with Crippen LogP contribution in [0.5, 0.6) is 0 Å². The summed E-state index contributed by atoms with van der Waals surface area (Å²) in [6.45, 7) is 0. The van der Waals surface area contributed by atoms with Gasteiger partial charge in [-0.25, -0.2) is 0 Å². The molecule has 27 heavy (non-hydrogen) atoms. The van der Waals surface area contributed by atoms with E-state index in [9.17, 15) is 0 Å². The molecule has 0 radical (unpaired) electrons. The first-order valence-electron chi connectivity index (χ1n) is 8.98. The van der Waals surface area contributed by atoms with Crippen molar-refractivity contribution in [2.45, 2.75) is 0 Å². The first kappa shape index (κ1) is 16.7. The third kappa shape index (κ3) is 2.12. The van der Waals surface area contributed by atoms with E-state index >= 15 is 0 Å². The lowest BCUT2D eigenvalue weighted by molar-refractivity contribution is 0.141. The van der Waals surface area contributed by atoms with Gasteiger partial charge in [-0.05, 0) is 43.1 Å². The summed E-state index contributed by atoms with van der Waals surface area (Å²) in [7, 11) is 2.00. The van der Waals surface area contributed by atoms with Gasteiger partial charge in [-0.2, -0.15) is 0 Å². The summed E-state index contributed by atoms with van der Waals surface area (Å²) >= 11 is 0. The third-order valence-electron chi connectivity index (χ3n) is 5.65. The lowest BCUT2D eigenvalue weighted by Crippen LogP contribution is -2.55. The standard InChI is InChI=1S/C23H20O3Si/c1-24-27(25-2,26-3)20-14-13-16-9-5-11-18-17-10-4-7-15-8-6-12-19(21(15)17)23(20)22(16)18/h4-14H,1-3H3. The van der Waals surface area contributed by atoms with Gasteiger partial charge in [0.15, 0.2) is 0 Å². The van der Waals surface area contributed by atoms with Crippen molar-refractivity contribution >= 4 is 57.1 Å². The summed E-state index contributed by atoms with van der Waals surface area (Å²) in [5.74, 6) is 0. The lowest BCUT2D eigenvalue weighted by Gasteiger charge is -2.27. The Balaban J connectivity index is 2.14. The zero-order valence-electron chi connectivity index (χ0n) is 15.6. The van der Waals surface area contributed by atoms with Crippen molar-refractivity contribution in [1.29, 1.82) is 0 Å². The molecular weight excluding hydrogens is 352 g/mol. The Bertz CT molecular complexity index is 1280. The SMILES string of the molecule is CO[Si](OC)(OC)c1ccc2cccc3c4cccc5cccc(c1c23)c54. The monoisotopic (exact) mass is 372 g/mol. The molecule has 5 aromatic rings. The van der Waals surface area contributed by atoms with Crippen molar-refractivity contribution in [2.24, 2.45) is 0 Å². The molecule has 0 aliphatic rings. The van der Waals surface area contributed by atoms with Gasteiger partial charge in [-0.15, -0.1) is 0 Å². The van der Waals surface area contributed by atoms with Crippen molar-refractivity contribution in [1.82, 2.24) is 0 Å². The molecule has 3 nitrogen and oxygen atoms in total. The number of fused-ring (bicyclic) bond motifs is 2. The van der Waals surface area contributed by atoms with Crippen molar-refractivity contribution in [3.05, 3.63) is 66.7 Å². The Morgan fingerprint density at radius 1 is 0.519 bits per heavy atom. The second-order valence-electron chi connectivity index (χ2n) is 6.77. The van der Waals surface area contributed by atoms with Gasteiger partial charge in [0.25, 0.3) is 0 Å². The number of benzene rings is 5. The van der Waals surface area contributed by atoms with E-state index in [1.54, 1.807) is 21.3 Å². The molecule has 0 aliphatic carbocycles. The Labute approximate surface area is 158 Å².